The minimum Gasteiger partial charge on any atom is -0.340 e. The molecule has 9 nitrogen and oxygen atoms in total. The van der Waals surface area contributed by atoms with Gasteiger partial charge in [0.2, 0.25) is 15.9 Å². The first-order valence-corrected chi connectivity index (χ1v) is 14.1. The quantitative estimate of drug-likeness (QED) is 0.646. The van der Waals surface area contributed by atoms with Crippen LogP contribution in [0.4, 0.5) is 0 Å². The molecule has 0 radical (unpaired) electrons. The molecule has 11 heteroatoms. The third-order valence-corrected chi connectivity index (χ3v) is 9.74. The van der Waals surface area contributed by atoms with Gasteiger partial charge in [0.15, 0.2) is 9.84 Å². The predicted octanol–water partition coefficient (Wildman–Crippen LogP) is 0.592. The monoisotopic (exact) mass is 492 g/mol. The van der Waals surface area contributed by atoms with Crippen molar-refractivity contribution in [2.45, 2.75) is 23.8 Å². The van der Waals surface area contributed by atoms with Crippen LogP contribution in [-0.4, -0.2) is 74.6 Å². The van der Waals surface area contributed by atoms with Gasteiger partial charge in [0.05, 0.1) is 17.4 Å². The second kappa shape index (κ2) is 9.49. The third-order valence-electron chi connectivity index (χ3n) is 6.34. The molecule has 2 saturated heterocycles. The van der Waals surface area contributed by atoms with Crippen LogP contribution in [0.1, 0.15) is 23.5 Å². The Kier molecular flexibility index (Phi) is 6.85. The summed E-state index contributed by atoms with van der Waals surface area (Å²) < 4.78 is 51.9. The van der Waals surface area contributed by atoms with Crippen LogP contribution in [-0.2, 0) is 31.2 Å². The van der Waals surface area contributed by atoms with Gasteiger partial charge in [-0.05, 0) is 29.5 Å². The Labute approximate surface area is 194 Å². The number of rotatable bonds is 5. The number of benzene rings is 1. The number of nitrogens with two attached hydrogens (primary N) is 1. The normalized spacial score (nSPS) is 23.8. The van der Waals surface area contributed by atoms with Crippen molar-refractivity contribution in [3.63, 3.8) is 0 Å². The molecule has 2 aliphatic heterocycles. The van der Waals surface area contributed by atoms with E-state index in [2.05, 4.69) is 4.98 Å². The van der Waals surface area contributed by atoms with E-state index in [4.69, 9.17) is 5.73 Å². The minimum atomic E-state index is -3.90. The number of pyridine rings is 1. The molecule has 0 saturated carbocycles. The molecule has 33 heavy (non-hydrogen) atoms. The van der Waals surface area contributed by atoms with Crippen molar-refractivity contribution in [3.8, 4) is 0 Å². The van der Waals surface area contributed by atoms with E-state index < -0.39 is 25.8 Å². The number of hydrogen-bond acceptors (Lipinski definition) is 7. The first kappa shape index (κ1) is 23.8. The Morgan fingerprint density at radius 2 is 1.79 bits per heavy atom. The second-order valence-electron chi connectivity index (χ2n) is 8.57. The number of sulfone groups is 1. The molecule has 2 N–H and O–H groups in total. The summed E-state index contributed by atoms with van der Waals surface area (Å²) >= 11 is 0. The average molecular weight is 493 g/mol. The van der Waals surface area contributed by atoms with Gasteiger partial charge in [-0.2, -0.15) is 4.31 Å². The Hall–Kier alpha value is -2.34. The van der Waals surface area contributed by atoms with E-state index in [-0.39, 0.29) is 61.0 Å². The van der Waals surface area contributed by atoms with Gasteiger partial charge in [-0.1, -0.05) is 30.3 Å². The molecule has 0 unspecified atom stereocenters. The van der Waals surface area contributed by atoms with Crippen molar-refractivity contribution in [2.75, 3.05) is 37.7 Å². The first-order valence-electron chi connectivity index (χ1n) is 10.9. The smallest absolute Gasteiger partial charge is 0.244 e. The molecule has 2 atom stereocenters. The van der Waals surface area contributed by atoms with E-state index in [1.54, 1.807) is 4.90 Å². The summed E-state index contributed by atoms with van der Waals surface area (Å²) in [4.78, 5) is 19.0. The highest BCUT2D eigenvalue weighted by Crippen LogP contribution is 2.34. The van der Waals surface area contributed by atoms with Crippen LogP contribution in [0.3, 0.4) is 0 Å². The number of nitrogens with zero attached hydrogens (tertiary/aromatic N) is 3. The Bertz CT molecular complexity index is 1200. The van der Waals surface area contributed by atoms with Crippen molar-refractivity contribution in [2.24, 2.45) is 11.7 Å². The van der Waals surface area contributed by atoms with Gasteiger partial charge in [0.1, 0.15) is 4.90 Å². The molecule has 4 rings (SSSR count). The van der Waals surface area contributed by atoms with Crippen LogP contribution in [0.2, 0.25) is 0 Å². The zero-order chi connectivity index (χ0) is 23.6. The first-order chi connectivity index (χ1) is 15.7. The molecule has 2 fully saturated rings. The van der Waals surface area contributed by atoms with Crippen LogP contribution in [0.15, 0.2) is 53.7 Å². The maximum Gasteiger partial charge on any atom is 0.244 e. The van der Waals surface area contributed by atoms with Crippen LogP contribution in [0.25, 0.3) is 0 Å². The van der Waals surface area contributed by atoms with E-state index in [0.29, 0.717) is 12.0 Å². The maximum atomic E-state index is 13.5. The van der Waals surface area contributed by atoms with Crippen LogP contribution < -0.4 is 5.73 Å². The van der Waals surface area contributed by atoms with E-state index >= 15 is 0 Å². The van der Waals surface area contributed by atoms with E-state index in [1.807, 2.05) is 30.3 Å². The van der Waals surface area contributed by atoms with Crippen LogP contribution in [0.5, 0.6) is 0 Å². The van der Waals surface area contributed by atoms with Crippen molar-refractivity contribution >= 4 is 25.8 Å². The lowest BCUT2D eigenvalue weighted by Crippen LogP contribution is -2.52. The van der Waals surface area contributed by atoms with Crippen molar-refractivity contribution in [1.82, 2.24) is 14.2 Å². The zero-order valence-electron chi connectivity index (χ0n) is 18.2. The molecule has 1 aromatic heterocycles. The fourth-order valence-electron chi connectivity index (χ4n) is 4.46. The molecule has 0 aliphatic carbocycles. The summed E-state index contributed by atoms with van der Waals surface area (Å²) in [5, 5.41) is 0. The fraction of sp³-hybridized carbons (Fsp3) is 0.455. The van der Waals surface area contributed by atoms with Crippen molar-refractivity contribution in [3.05, 3.63) is 59.9 Å². The SMILES string of the molecule is NCc1cncc(S(=O)(=O)N2C[C@@H](C(=O)N3CCS(=O)(=O)CC3)C[C@@H](c3ccccc3)C2)c1. The highest BCUT2D eigenvalue weighted by molar-refractivity contribution is 7.91. The molecule has 178 valence electrons. The van der Waals surface area contributed by atoms with Gasteiger partial charge in [0.25, 0.3) is 0 Å². The van der Waals surface area contributed by atoms with Crippen LogP contribution in [0, 0.1) is 5.92 Å². The number of carbonyl (C=O) groups excluding carboxylic acids is 1. The van der Waals surface area contributed by atoms with E-state index in [9.17, 15) is 21.6 Å². The van der Waals surface area contributed by atoms with Gasteiger partial charge in [-0.3, -0.25) is 9.78 Å². The molecular weight excluding hydrogens is 464 g/mol. The van der Waals surface area contributed by atoms with E-state index in [0.717, 1.165) is 5.56 Å². The highest BCUT2D eigenvalue weighted by atomic mass is 32.2. The fourth-order valence-corrected chi connectivity index (χ4v) is 7.20. The van der Waals surface area contributed by atoms with Gasteiger partial charge >= 0.3 is 0 Å². The Morgan fingerprint density at radius 1 is 1.09 bits per heavy atom. The number of amides is 1. The zero-order valence-corrected chi connectivity index (χ0v) is 19.8. The average Bonchev–Trinajstić information content (AvgIpc) is 2.84. The Balaban J connectivity index is 1.63. The molecule has 2 aromatic rings. The topological polar surface area (TPSA) is 131 Å². The van der Waals surface area contributed by atoms with Gasteiger partial charge < -0.3 is 10.6 Å². The maximum absolute atomic E-state index is 13.5. The summed E-state index contributed by atoms with van der Waals surface area (Å²) in [6.07, 6.45) is 3.32. The lowest BCUT2D eigenvalue weighted by atomic mass is 9.85. The summed E-state index contributed by atoms with van der Waals surface area (Å²) in [6.45, 7) is 0.742. The van der Waals surface area contributed by atoms with E-state index in [1.165, 1.54) is 22.8 Å². The van der Waals surface area contributed by atoms with Gasteiger partial charge in [0, 0.05) is 45.1 Å². The number of aromatic nitrogens is 1. The number of hydrogen-bond donors (Lipinski definition) is 1. The minimum absolute atomic E-state index is 0.0423. The molecule has 1 aromatic carbocycles. The summed E-state index contributed by atoms with van der Waals surface area (Å²) in [5.41, 5.74) is 7.23. The molecular formula is C22H28N4O5S2. The van der Waals surface area contributed by atoms with Crippen molar-refractivity contribution in [1.29, 1.82) is 0 Å². The summed E-state index contributed by atoms with van der Waals surface area (Å²) in [7, 11) is -7.03. The molecule has 1 amide bonds. The molecule has 2 aliphatic rings. The molecule has 0 spiro atoms. The molecule has 0 bridgehead atoms. The third kappa shape index (κ3) is 5.26. The second-order valence-corrected chi connectivity index (χ2v) is 12.8. The van der Waals surface area contributed by atoms with Crippen LogP contribution >= 0.6 is 0 Å². The number of piperidine rings is 1. The number of sulfonamides is 1. The number of carbonyl (C=O) groups is 1. The van der Waals surface area contributed by atoms with Crippen molar-refractivity contribution < 1.29 is 21.6 Å². The predicted molar refractivity (Wildman–Crippen MR) is 123 cm³/mol. The highest BCUT2D eigenvalue weighted by Gasteiger charge is 2.40. The van der Waals surface area contributed by atoms with Gasteiger partial charge in [-0.15, -0.1) is 0 Å². The lowest BCUT2D eigenvalue weighted by Gasteiger charge is -2.39. The summed E-state index contributed by atoms with van der Waals surface area (Å²) in [6, 6.07) is 11.1. The van der Waals surface area contributed by atoms with Gasteiger partial charge in [-0.25, -0.2) is 16.8 Å². The lowest BCUT2D eigenvalue weighted by molar-refractivity contribution is -0.136. The molecule has 3 heterocycles. The Morgan fingerprint density at radius 3 is 2.45 bits per heavy atom. The summed E-state index contributed by atoms with van der Waals surface area (Å²) in [5.74, 6) is -1.05. The standard InChI is InChI=1S/C22H28N4O5S2/c23-12-17-10-21(14-24-13-17)33(30,31)26-15-19(18-4-2-1-3-5-18)11-20(16-26)22(27)25-6-8-32(28,29)9-7-25/h1-5,10,13-14,19-20H,6-9,11-12,15-16,23H2/t19-,20+/m1/s1. The largest absolute Gasteiger partial charge is 0.340 e.